The SMILES string of the molecule is O=C(CN1CCCCC1CCO)NC(C1CC1)C1CC1. The van der Waals surface area contributed by atoms with Crippen molar-refractivity contribution >= 4 is 5.91 Å². The minimum Gasteiger partial charge on any atom is -0.396 e. The number of aliphatic hydroxyl groups is 1. The zero-order chi connectivity index (χ0) is 13.9. The predicted molar refractivity (Wildman–Crippen MR) is 78.3 cm³/mol. The third kappa shape index (κ3) is 3.73. The third-order valence-corrected chi connectivity index (χ3v) is 5.15. The average Bonchev–Trinajstić information content (AvgIpc) is 3.31. The molecule has 1 saturated heterocycles. The van der Waals surface area contributed by atoms with E-state index in [9.17, 15) is 4.79 Å². The van der Waals surface area contributed by atoms with Crippen molar-refractivity contribution in [3.8, 4) is 0 Å². The van der Waals surface area contributed by atoms with Crippen LogP contribution >= 0.6 is 0 Å². The van der Waals surface area contributed by atoms with Gasteiger partial charge in [0.05, 0.1) is 6.54 Å². The molecule has 0 spiro atoms. The Labute approximate surface area is 121 Å². The number of piperidine rings is 1. The summed E-state index contributed by atoms with van der Waals surface area (Å²) in [7, 11) is 0. The van der Waals surface area contributed by atoms with Gasteiger partial charge in [-0.25, -0.2) is 0 Å². The molecule has 1 amide bonds. The number of nitrogens with one attached hydrogen (secondary N) is 1. The second-order valence-corrected chi connectivity index (χ2v) is 6.90. The molecule has 3 rings (SSSR count). The summed E-state index contributed by atoms with van der Waals surface area (Å²) in [4.78, 5) is 14.6. The molecule has 0 aromatic rings. The lowest BCUT2D eigenvalue weighted by molar-refractivity contribution is -0.124. The van der Waals surface area contributed by atoms with E-state index >= 15 is 0 Å². The van der Waals surface area contributed by atoms with Gasteiger partial charge in [-0.3, -0.25) is 9.69 Å². The van der Waals surface area contributed by atoms with E-state index in [0.717, 1.165) is 31.2 Å². The standard InChI is InChI=1S/C16H28N2O2/c19-10-8-14-3-1-2-9-18(14)11-15(20)17-16(12-4-5-12)13-6-7-13/h12-14,16,19H,1-11H2,(H,17,20). The lowest BCUT2D eigenvalue weighted by Gasteiger charge is -2.35. The Bertz CT molecular complexity index is 325. The molecule has 2 N–H and O–H groups in total. The van der Waals surface area contributed by atoms with Crippen LogP contribution in [0.5, 0.6) is 0 Å². The van der Waals surface area contributed by atoms with Gasteiger partial charge in [0, 0.05) is 18.7 Å². The molecule has 3 fully saturated rings. The number of likely N-dealkylation sites (tertiary alicyclic amines) is 1. The summed E-state index contributed by atoms with van der Waals surface area (Å²) in [6, 6.07) is 0.864. The van der Waals surface area contributed by atoms with E-state index in [2.05, 4.69) is 10.2 Å². The van der Waals surface area contributed by atoms with Crippen LogP contribution < -0.4 is 5.32 Å². The van der Waals surface area contributed by atoms with E-state index in [4.69, 9.17) is 5.11 Å². The number of nitrogens with zero attached hydrogens (tertiary/aromatic N) is 1. The number of aliphatic hydroxyl groups excluding tert-OH is 1. The Morgan fingerprint density at radius 2 is 1.85 bits per heavy atom. The van der Waals surface area contributed by atoms with Crippen LogP contribution in [-0.2, 0) is 4.79 Å². The highest BCUT2D eigenvalue weighted by molar-refractivity contribution is 5.78. The first-order valence-corrected chi connectivity index (χ1v) is 8.42. The molecule has 3 aliphatic rings. The number of hydrogen-bond donors (Lipinski definition) is 2. The topological polar surface area (TPSA) is 52.6 Å². The zero-order valence-corrected chi connectivity index (χ0v) is 12.4. The first-order chi connectivity index (χ1) is 9.78. The van der Waals surface area contributed by atoms with E-state index in [0.29, 0.717) is 18.6 Å². The van der Waals surface area contributed by atoms with E-state index in [1.54, 1.807) is 0 Å². The summed E-state index contributed by atoms with van der Waals surface area (Å²) in [5, 5.41) is 12.5. The van der Waals surface area contributed by atoms with E-state index in [1.807, 2.05) is 0 Å². The molecule has 1 atom stereocenters. The van der Waals surface area contributed by atoms with E-state index in [-0.39, 0.29) is 12.5 Å². The van der Waals surface area contributed by atoms with Gasteiger partial charge < -0.3 is 10.4 Å². The Hall–Kier alpha value is -0.610. The monoisotopic (exact) mass is 280 g/mol. The quantitative estimate of drug-likeness (QED) is 0.743. The maximum absolute atomic E-state index is 12.3. The molecule has 4 heteroatoms. The summed E-state index contributed by atoms with van der Waals surface area (Å²) in [5.74, 6) is 1.74. The molecule has 4 nitrogen and oxygen atoms in total. The van der Waals surface area contributed by atoms with Crippen molar-refractivity contribution in [2.45, 2.75) is 63.5 Å². The Kier molecular flexibility index (Phi) is 4.61. The van der Waals surface area contributed by atoms with Crippen molar-refractivity contribution in [1.82, 2.24) is 10.2 Å². The molecule has 2 saturated carbocycles. The molecule has 2 aliphatic carbocycles. The molecular formula is C16H28N2O2. The van der Waals surface area contributed by atoms with Gasteiger partial charge in [0.2, 0.25) is 5.91 Å². The zero-order valence-electron chi connectivity index (χ0n) is 12.4. The average molecular weight is 280 g/mol. The van der Waals surface area contributed by atoms with Gasteiger partial charge in [0.1, 0.15) is 0 Å². The van der Waals surface area contributed by atoms with Crippen molar-refractivity contribution in [2.75, 3.05) is 19.7 Å². The lowest BCUT2D eigenvalue weighted by Crippen LogP contribution is -2.48. The number of hydrogen-bond acceptors (Lipinski definition) is 3. The van der Waals surface area contributed by atoms with Gasteiger partial charge in [-0.2, -0.15) is 0 Å². The van der Waals surface area contributed by atoms with Crippen molar-refractivity contribution in [3.05, 3.63) is 0 Å². The molecule has 0 bridgehead atoms. The van der Waals surface area contributed by atoms with Crippen LogP contribution in [0.15, 0.2) is 0 Å². The molecule has 20 heavy (non-hydrogen) atoms. The highest BCUT2D eigenvalue weighted by atomic mass is 16.3. The molecular weight excluding hydrogens is 252 g/mol. The Balaban J connectivity index is 1.48. The van der Waals surface area contributed by atoms with Crippen LogP contribution in [0, 0.1) is 11.8 Å². The van der Waals surface area contributed by atoms with Crippen LogP contribution in [0.25, 0.3) is 0 Å². The van der Waals surface area contributed by atoms with Crippen LogP contribution in [0.1, 0.15) is 51.4 Å². The van der Waals surface area contributed by atoms with Crippen LogP contribution in [0.4, 0.5) is 0 Å². The molecule has 114 valence electrons. The lowest BCUT2D eigenvalue weighted by atomic mass is 9.99. The summed E-state index contributed by atoms with van der Waals surface area (Å²) in [5.41, 5.74) is 0. The van der Waals surface area contributed by atoms with Crippen molar-refractivity contribution in [1.29, 1.82) is 0 Å². The van der Waals surface area contributed by atoms with Gasteiger partial charge in [0.25, 0.3) is 0 Å². The first-order valence-electron chi connectivity index (χ1n) is 8.42. The fourth-order valence-electron chi connectivity index (χ4n) is 3.69. The van der Waals surface area contributed by atoms with Gasteiger partial charge in [-0.05, 0) is 63.3 Å². The van der Waals surface area contributed by atoms with Crippen molar-refractivity contribution in [3.63, 3.8) is 0 Å². The normalized spacial score (nSPS) is 27.8. The predicted octanol–water partition coefficient (Wildman–Crippen LogP) is 1.53. The van der Waals surface area contributed by atoms with Crippen LogP contribution in [0.3, 0.4) is 0 Å². The molecule has 1 aliphatic heterocycles. The number of amides is 1. The Morgan fingerprint density at radius 3 is 2.45 bits per heavy atom. The number of carbonyl (C=O) groups is 1. The number of rotatable bonds is 7. The molecule has 1 unspecified atom stereocenters. The fraction of sp³-hybridized carbons (Fsp3) is 0.938. The molecule has 0 radical (unpaired) electrons. The highest BCUT2D eigenvalue weighted by Gasteiger charge is 2.42. The third-order valence-electron chi connectivity index (χ3n) is 5.15. The summed E-state index contributed by atoms with van der Waals surface area (Å²) < 4.78 is 0. The minimum absolute atomic E-state index is 0.207. The Morgan fingerprint density at radius 1 is 1.15 bits per heavy atom. The maximum Gasteiger partial charge on any atom is 0.234 e. The first kappa shape index (κ1) is 14.3. The largest absolute Gasteiger partial charge is 0.396 e. The molecule has 0 aromatic carbocycles. The van der Waals surface area contributed by atoms with Gasteiger partial charge in [-0.15, -0.1) is 0 Å². The summed E-state index contributed by atoms with van der Waals surface area (Å²) in [6.45, 7) is 1.77. The fourth-order valence-corrected chi connectivity index (χ4v) is 3.69. The van der Waals surface area contributed by atoms with E-state index in [1.165, 1.54) is 38.5 Å². The van der Waals surface area contributed by atoms with Gasteiger partial charge in [0.15, 0.2) is 0 Å². The number of carbonyl (C=O) groups excluding carboxylic acids is 1. The maximum atomic E-state index is 12.3. The second-order valence-electron chi connectivity index (χ2n) is 6.90. The molecule has 1 heterocycles. The van der Waals surface area contributed by atoms with Gasteiger partial charge >= 0.3 is 0 Å². The summed E-state index contributed by atoms with van der Waals surface area (Å²) >= 11 is 0. The summed E-state index contributed by atoms with van der Waals surface area (Å²) in [6.07, 6.45) is 9.57. The van der Waals surface area contributed by atoms with Crippen LogP contribution in [-0.4, -0.2) is 47.7 Å². The van der Waals surface area contributed by atoms with Crippen molar-refractivity contribution < 1.29 is 9.90 Å². The smallest absolute Gasteiger partial charge is 0.234 e. The second kappa shape index (κ2) is 6.44. The molecule has 0 aromatic heterocycles. The van der Waals surface area contributed by atoms with E-state index < -0.39 is 0 Å². The highest BCUT2D eigenvalue weighted by Crippen LogP contribution is 2.44. The minimum atomic E-state index is 0.207. The van der Waals surface area contributed by atoms with Crippen molar-refractivity contribution in [2.24, 2.45) is 11.8 Å². The van der Waals surface area contributed by atoms with Gasteiger partial charge in [-0.1, -0.05) is 6.42 Å². The van der Waals surface area contributed by atoms with Crippen LogP contribution in [0.2, 0.25) is 0 Å².